The van der Waals surface area contributed by atoms with Crippen LogP contribution in [0, 0.1) is 0 Å². The minimum Gasteiger partial charge on any atom is -0.463 e. The lowest BCUT2D eigenvalue weighted by Crippen LogP contribution is -2.19. The summed E-state index contributed by atoms with van der Waals surface area (Å²) in [6.45, 7) is 0.560. The minimum absolute atomic E-state index is 0.225. The third-order valence-electron chi connectivity index (χ3n) is 2.09. The maximum Gasteiger partial charge on any atom is 0.316 e. The quantitative estimate of drug-likeness (QED) is 0.743. The van der Waals surface area contributed by atoms with Gasteiger partial charge in [-0.05, 0) is 12.3 Å². The molecule has 0 radical (unpaired) electrons. The van der Waals surface area contributed by atoms with Crippen molar-refractivity contribution in [2.45, 2.75) is 0 Å². The Morgan fingerprint density at radius 1 is 1.39 bits per heavy atom. The first-order chi connectivity index (χ1) is 8.81. The van der Waals surface area contributed by atoms with E-state index >= 15 is 0 Å². The standard InChI is InChI=1S/C11H12N4O2S/c1-18-6-5-17-11-12-7-9(8-13-11)15-10(16)3-2-4-14-15/h2-4,7-8H,5-6H2,1H3. The van der Waals surface area contributed by atoms with Crippen molar-refractivity contribution < 1.29 is 4.74 Å². The highest BCUT2D eigenvalue weighted by Gasteiger charge is 2.02. The van der Waals surface area contributed by atoms with Crippen LogP contribution in [-0.4, -0.2) is 38.4 Å². The van der Waals surface area contributed by atoms with Gasteiger partial charge in [0.15, 0.2) is 0 Å². The van der Waals surface area contributed by atoms with Crippen LogP contribution < -0.4 is 10.3 Å². The summed E-state index contributed by atoms with van der Waals surface area (Å²) >= 11 is 1.69. The summed E-state index contributed by atoms with van der Waals surface area (Å²) in [5.41, 5.74) is 0.287. The van der Waals surface area contributed by atoms with Gasteiger partial charge in [-0.1, -0.05) is 0 Å². The highest BCUT2D eigenvalue weighted by atomic mass is 32.2. The van der Waals surface area contributed by atoms with E-state index < -0.39 is 0 Å². The van der Waals surface area contributed by atoms with Crippen molar-refractivity contribution >= 4 is 11.8 Å². The highest BCUT2D eigenvalue weighted by Crippen LogP contribution is 2.05. The van der Waals surface area contributed by atoms with Crippen molar-refractivity contribution in [1.29, 1.82) is 0 Å². The van der Waals surface area contributed by atoms with Crippen molar-refractivity contribution in [1.82, 2.24) is 19.7 Å². The molecule has 0 aliphatic rings. The van der Waals surface area contributed by atoms with Crippen molar-refractivity contribution in [3.63, 3.8) is 0 Å². The monoisotopic (exact) mass is 264 g/mol. The summed E-state index contributed by atoms with van der Waals surface area (Å²) in [5.74, 6) is 0.880. The highest BCUT2D eigenvalue weighted by molar-refractivity contribution is 7.98. The van der Waals surface area contributed by atoms with Gasteiger partial charge in [0, 0.05) is 18.0 Å². The lowest BCUT2D eigenvalue weighted by Gasteiger charge is -2.04. The third-order valence-corrected chi connectivity index (χ3v) is 2.67. The van der Waals surface area contributed by atoms with E-state index in [-0.39, 0.29) is 5.56 Å². The lowest BCUT2D eigenvalue weighted by atomic mass is 10.5. The molecule has 7 heteroatoms. The van der Waals surface area contributed by atoms with Crippen LogP contribution in [0.3, 0.4) is 0 Å². The van der Waals surface area contributed by atoms with Crippen molar-refractivity contribution in [2.24, 2.45) is 0 Å². The molecule has 0 aliphatic carbocycles. The SMILES string of the molecule is CSCCOc1ncc(-n2ncccc2=O)cn1. The second-order valence-electron chi connectivity index (χ2n) is 3.34. The van der Waals surface area contributed by atoms with E-state index in [9.17, 15) is 4.79 Å². The van der Waals surface area contributed by atoms with Crippen LogP contribution in [0.4, 0.5) is 0 Å². The summed E-state index contributed by atoms with van der Waals surface area (Å²) < 4.78 is 6.54. The molecule has 2 heterocycles. The molecule has 0 N–H and O–H groups in total. The first kappa shape index (κ1) is 12.6. The topological polar surface area (TPSA) is 69.9 Å². The summed E-state index contributed by atoms with van der Waals surface area (Å²) in [6, 6.07) is 3.31. The van der Waals surface area contributed by atoms with E-state index in [0.29, 0.717) is 18.3 Å². The second-order valence-corrected chi connectivity index (χ2v) is 4.32. The average Bonchev–Trinajstić information content (AvgIpc) is 2.41. The van der Waals surface area contributed by atoms with E-state index in [0.717, 1.165) is 5.75 Å². The molecule has 2 aromatic rings. The van der Waals surface area contributed by atoms with Gasteiger partial charge in [-0.15, -0.1) is 0 Å². The number of nitrogens with zero attached hydrogens (tertiary/aromatic N) is 4. The summed E-state index contributed by atoms with van der Waals surface area (Å²) in [4.78, 5) is 19.6. The largest absolute Gasteiger partial charge is 0.463 e. The summed E-state index contributed by atoms with van der Waals surface area (Å²) in [5, 5.41) is 3.93. The summed E-state index contributed by atoms with van der Waals surface area (Å²) in [7, 11) is 0. The van der Waals surface area contributed by atoms with Gasteiger partial charge in [-0.2, -0.15) is 21.5 Å². The van der Waals surface area contributed by atoms with Gasteiger partial charge in [0.2, 0.25) is 0 Å². The van der Waals surface area contributed by atoms with Crippen LogP contribution >= 0.6 is 11.8 Å². The fraction of sp³-hybridized carbons (Fsp3) is 0.273. The van der Waals surface area contributed by atoms with E-state index in [1.165, 1.54) is 29.3 Å². The van der Waals surface area contributed by atoms with Crippen molar-refractivity contribution in [2.75, 3.05) is 18.6 Å². The Hall–Kier alpha value is -1.89. The van der Waals surface area contributed by atoms with E-state index in [2.05, 4.69) is 15.1 Å². The molecule has 0 aromatic carbocycles. The van der Waals surface area contributed by atoms with Gasteiger partial charge in [-0.3, -0.25) is 4.79 Å². The molecule has 0 atom stereocenters. The zero-order valence-electron chi connectivity index (χ0n) is 9.81. The van der Waals surface area contributed by atoms with Crippen LogP contribution in [0.5, 0.6) is 6.01 Å². The van der Waals surface area contributed by atoms with Crippen molar-refractivity contribution in [3.8, 4) is 11.7 Å². The average molecular weight is 264 g/mol. The molecule has 0 bridgehead atoms. The van der Waals surface area contributed by atoms with E-state index in [4.69, 9.17) is 4.74 Å². The van der Waals surface area contributed by atoms with Gasteiger partial charge in [0.1, 0.15) is 12.3 Å². The van der Waals surface area contributed by atoms with Gasteiger partial charge < -0.3 is 4.74 Å². The zero-order valence-corrected chi connectivity index (χ0v) is 10.6. The van der Waals surface area contributed by atoms with Gasteiger partial charge in [0.25, 0.3) is 5.56 Å². The Labute approximate surface area is 108 Å². The van der Waals surface area contributed by atoms with Gasteiger partial charge in [-0.25, -0.2) is 9.97 Å². The number of rotatable bonds is 5. The molecule has 94 valence electrons. The van der Waals surface area contributed by atoms with Gasteiger partial charge >= 0.3 is 6.01 Å². The van der Waals surface area contributed by atoms with Gasteiger partial charge in [0.05, 0.1) is 12.4 Å². The molecule has 0 unspecified atom stereocenters. The van der Waals surface area contributed by atoms with Crippen LogP contribution in [-0.2, 0) is 0 Å². The number of aromatic nitrogens is 4. The van der Waals surface area contributed by atoms with Crippen LogP contribution in [0.1, 0.15) is 0 Å². The minimum atomic E-state index is -0.225. The molecule has 2 rings (SSSR count). The predicted octanol–water partition coefficient (Wildman–Crippen LogP) is 0.764. The first-order valence-electron chi connectivity index (χ1n) is 5.30. The number of hydrogen-bond donors (Lipinski definition) is 0. The van der Waals surface area contributed by atoms with Crippen LogP contribution in [0.2, 0.25) is 0 Å². The lowest BCUT2D eigenvalue weighted by molar-refractivity contribution is 0.315. The van der Waals surface area contributed by atoms with Crippen molar-refractivity contribution in [3.05, 3.63) is 41.1 Å². The fourth-order valence-electron chi connectivity index (χ4n) is 1.26. The number of hydrogen-bond acceptors (Lipinski definition) is 6. The Kier molecular flexibility index (Phi) is 4.30. The maximum absolute atomic E-state index is 11.5. The molecule has 0 amide bonds. The second kappa shape index (κ2) is 6.15. The van der Waals surface area contributed by atoms with E-state index in [1.807, 2.05) is 6.26 Å². The Morgan fingerprint density at radius 3 is 2.83 bits per heavy atom. The predicted molar refractivity (Wildman–Crippen MR) is 69.3 cm³/mol. The Morgan fingerprint density at radius 2 is 2.17 bits per heavy atom. The number of thioether (sulfide) groups is 1. The maximum atomic E-state index is 11.5. The smallest absolute Gasteiger partial charge is 0.316 e. The van der Waals surface area contributed by atoms with Crippen LogP contribution in [0.15, 0.2) is 35.5 Å². The third kappa shape index (κ3) is 3.07. The molecule has 18 heavy (non-hydrogen) atoms. The molecule has 2 aromatic heterocycles. The Bertz CT molecular complexity index is 555. The molecular weight excluding hydrogens is 252 g/mol. The first-order valence-corrected chi connectivity index (χ1v) is 6.69. The van der Waals surface area contributed by atoms with Crippen LogP contribution in [0.25, 0.3) is 5.69 Å². The number of ether oxygens (including phenoxy) is 1. The fourth-order valence-corrected chi connectivity index (χ4v) is 1.51. The van der Waals surface area contributed by atoms with E-state index in [1.54, 1.807) is 17.8 Å². The molecule has 0 saturated heterocycles. The normalized spacial score (nSPS) is 10.3. The molecule has 6 nitrogen and oxygen atoms in total. The molecule has 0 fully saturated rings. The molecular formula is C11H12N4O2S. The molecule has 0 spiro atoms. The molecule has 0 saturated carbocycles. The zero-order chi connectivity index (χ0) is 12.8. The Balaban J connectivity index is 2.13. The molecule has 0 aliphatic heterocycles. The summed E-state index contributed by atoms with van der Waals surface area (Å²) in [6.07, 6.45) is 6.55.